The summed E-state index contributed by atoms with van der Waals surface area (Å²) in [5.74, 6) is 1.67. The highest BCUT2D eigenvalue weighted by Gasteiger charge is 2.21. The Hall–Kier alpha value is -2.30. The van der Waals surface area contributed by atoms with E-state index in [0.717, 1.165) is 29.2 Å². The van der Waals surface area contributed by atoms with E-state index in [1.54, 1.807) is 0 Å². The van der Waals surface area contributed by atoms with E-state index >= 15 is 0 Å². The number of benzene rings is 1. The average Bonchev–Trinajstić information content (AvgIpc) is 3.06. The summed E-state index contributed by atoms with van der Waals surface area (Å²) in [5, 5.41) is 6.82. The maximum atomic E-state index is 11.2. The zero-order valence-electron chi connectivity index (χ0n) is 11.3. The normalized spacial score (nSPS) is 18.1. The number of carbonyl (C=O) groups is 1. The van der Waals surface area contributed by atoms with Crippen LogP contribution in [-0.2, 0) is 11.4 Å². The van der Waals surface area contributed by atoms with E-state index < -0.39 is 0 Å². The first kappa shape index (κ1) is 12.7. The third-order valence-corrected chi connectivity index (χ3v) is 3.34. The highest BCUT2D eigenvalue weighted by Crippen LogP contribution is 2.25. The smallest absolute Gasteiger partial charge is 0.220 e. The van der Waals surface area contributed by atoms with Gasteiger partial charge in [-0.2, -0.15) is 0 Å². The lowest BCUT2D eigenvalue weighted by Gasteiger charge is -2.11. The molecule has 1 aromatic heterocycles. The van der Waals surface area contributed by atoms with Crippen LogP contribution in [0.2, 0.25) is 0 Å². The van der Waals surface area contributed by atoms with Crippen LogP contribution in [0.4, 0.5) is 0 Å². The summed E-state index contributed by atoms with van der Waals surface area (Å²) >= 11 is 0. The number of carbonyl (C=O) groups excluding carboxylic acids is 1. The van der Waals surface area contributed by atoms with E-state index in [2.05, 4.69) is 10.5 Å². The molecule has 104 valence electrons. The van der Waals surface area contributed by atoms with Gasteiger partial charge in [0, 0.05) is 12.5 Å². The first-order chi connectivity index (χ1) is 9.70. The molecule has 5 heteroatoms. The van der Waals surface area contributed by atoms with Gasteiger partial charge < -0.3 is 14.6 Å². The van der Waals surface area contributed by atoms with Gasteiger partial charge in [-0.15, -0.1) is 0 Å². The van der Waals surface area contributed by atoms with Crippen molar-refractivity contribution in [1.29, 1.82) is 0 Å². The number of ether oxygens (including phenoxy) is 1. The first-order valence-corrected chi connectivity index (χ1v) is 6.65. The zero-order chi connectivity index (χ0) is 13.9. The number of aromatic nitrogens is 1. The molecule has 20 heavy (non-hydrogen) atoms. The molecule has 0 spiro atoms. The number of hydrogen-bond donors (Lipinski definition) is 1. The van der Waals surface area contributed by atoms with Crippen molar-refractivity contribution in [2.24, 2.45) is 0 Å². The Balaban J connectivity index is 1.60. The zero-order valence-corrected chi connectivity index (χ0v) is 11.3. The van der Waals surface area contributed by atoms with Gasteiger partial charge in [0.15, 0.2) is 0 Å². The maximum absolute atomic E-state index is 11.2. The Labute approximate surface area is 116 Å². The number of nitrogens with zero attached hydrogens (tertiary/aromatic N) is 1. The average molecular weight is 272 g/mol. The van der Waals surface area contributed by atoms with Gasteiger partial charge in [-0.1, -0.05) is 17.3 Å². The second-order valence-electron chi connectivity index (χ2n) is 4.95. The molecular weight excluding hydrogens is 256 g/mol. The van der Waals surface area contributed by atoms with Gasteiger partial charge in [-0.05, 0) is 31.0 Å². The van der Waals surface area contributed by atoms with Crippen molar-refractivity contribution in [3.8, 4) is 5.75 Å². The van der Waals surface area contributed by atoms with Crippen LogP contribution in [0, 0.1) is 6.92 Å². The second kappa shape index (κ2) is 5.36. The van der Waals surface area contributed by atoms with Crippen LogP contribution >= 0.6 is 0 Å². The lowest BCUT2D eigenvalue weighted by Crippen LogP contribution is -2.18. The molecule has 0 radical (unpaired) electrons. The molecule has 3 rings (SSSR count). The quantitative estimate of drug-likeness (QED) is 0.928. The SMILES string of the molecule is Cc1cc(COc2ccc(C3CCC(=O)N3)cc2)no1. The Morgan fingerprint density at radius 1 is 1.40 bits per heavy atom. The van der Waals surface area contributed by atoms with Crippen molar-refractivity contribution in [3.05, 3.63) is 47.3 Å². The minimum atomic E-state index is 0.122. The highest BCUT2D eigenvalue weighted by atomic mass is 16.5. The van der Waals surface area contributed by atoms with E-state index in [0.29, 0.717) is 13.0 Å². The number of rotatable bonds is 4. The molecule has 1 N–H and O–H groups in total. The van der Waals surface area contributed by atoms with Gasteiger partial charge in [-0.3, -0.25) is 4.79 Å². The second-order valence-corrected chi connectivity index (χ2v) is 4.95. The maximum Gasteiger partial charge on any atom is 0.220 e. The topological polar surface area (TPSA) is 64.4 Å². The van der Waals surface area contributed by atoms with Gasteiger partial charge >= 0.3 is 0 Å². The third-order valence-electron chi connectivity index (χ3n) is 3.34. The summed E-state index contributed by atoms with van der Waals surface area (Å²) < 4.78 is 10.6. The Morgan fingerprint density at radius 2 is 2.20 bits per heavy atom. The monoisotopic (exact) mass is 272 g/mol. The minimum Gasteiger partial charge on any atom is -0.487 e. The third kappa shape index (κ3) is 2.82. The lowest BCUT2D eigenvalue weighted by atomic mass is 10.1. The summed E-state index contributed by atoms with van der Waals surface area (Å²) in [5.41, 5.74) is 1.88. The summed E-state index contributed by atoms with van der Waals surface area (Å²) in [4.78, 5) is 11.2. The summed E-state index contributed by atoms with van der Waals surface area (Å²) in [6, 6.07) is 9.77. The van der Waals surface area contributed by atoms with E-state index in [1.165, 1.54) is 0 Å². The fraction of sp³-hybridized carbons (Fsp3) is 0.333. The van der Waals surface area contributed by atoms with Crippen molar-refractivity contribution in [1.82, 2.24) is 10.5 Å². The van der Waals surface area contributed by atoms with Gasteiger partial charge in [0.25, 0.3) is 0 Å². The molecule has 2 heterocycles. The van der Waals surface area contributed by atoms with Crippen LogP contribution in [-0.4, -0.2) is 11.1 Å². The molecule has 1 atom stereocenters. The molecule has 0 saturated carbocycles. The first-order valence-electron chi connectivity index (χ1n) is 6.65. The van der Waals surface area contributed by atoms with Gasteiger partial charge in [0.05, 0.1) is 6.04 Å². The number of nitrogens with one attached hydrogen (secondary N) is 1. The van der Waals surface area contributed by atoms with Crippen LogP contribution in [0.5, 0.6) is 5.75 Å². The lowest BCUT2D eigenvalue weighted by molar-refractivity contribution is -0.119. The molecule has 1 aromatic carbocycles. The Morgan fingerprint density at radius 3 is 2.80 bits per heavy atom. The molecule has 2 aromatic rings. The molecule has 0 bridgehead atoms. The van der Waals surface area contributed by atoms with E-state index in [1.807, 2.05) is 37.3 Å². The fourth-order valence-corrected chi connectivity index (χ4v) is 2.30. The van der Waals surface area contributed by atoms with Crippen LogP contribution in [0.25, 0.3) is 0 Å². The van der Waals surface area contributed by atoms with Crippen molar-refractivity contribution in [2.45, 2.75) is 32.4 Å². The number of hydrogen-bond acceptors (Lipinski definition) is 4. The number of amides is 1. The van der Waals surface area contributed by atoms with Crippen LogP contribution in [0.1, 0.15) is 35.9 Å². The highest BCUT2D eigenvalue weighted by molar-refractivity contribution is 5.78. The van der Waals surface area contributed by atoms with E-state index in [-0.39, 0.29) is 11.9 Å². The van der Waals surface area contributed by atoms with Crippen molar-refractivity contribution in [3.63, 3.8) is 0 Å². The summed E-state index contributed by atoms with van der Waals surface area (Å²) in [7, 11) is 0. The predicted octanol–water partition coefficient (Wildman–Crippen LogP) is 2.51. The Kier molecular flexibility index (Phi) is 3.41. The molecule has 1 aliphatic rings. The predicted molar refractivity (Wildman–Crippen MR) is 72.1 cm³/mol. The molecule has 1 saturated heterocycles. The van der Waals surface area contributed by atoms with E-state index in [4.69, 9.17) is 9.26 Å². The standard InChI is InChI=1S/C15H16N2O3/c1-10-8-12(17-20-10)9-19-13-4-2-11(3-5-13)14-6-7-15(18)16-14/h2-5,8,14H,6-7,9H2,1H3,(H,16,18). The fourth-order valence-electron chi connectivity index (χ4n) is 2.30. The van der Waals surface area contributed by atoms with Gasteiger partial charge in [0.2, 0.25) is 5.91 Å². The summed E-state index contributed by atoms with van der Waals surface area (Å²) in [6.45, 7) is 2.23. The molecule has 1 unspecified atom stereocenters. The number of aryl methyl sites for hydroxylation is 1. The summed E-state index contributed by atoms with van der Waals surface area (Å²) in [6.07, 6.45) is 1.46. The van der Waals surface area contributed by atoms with Crippen molar-refractivity contribution >= 4 is 5.91 Å². The molecule has 0 aliphatic carbocycles. The van der Waals surface area contributed by atoms with Crippen LogP contribution in [0.15, 0.2) is 34.9 Å². The molecule has 1 fully saturated rings. The van der Waals surface area contributed by atoms with Crippen LogP contribution in [0.3, 0.4) is 0 Å². The van der Waals surface area contributed by atoms with Gasteiger partial charge in [-0.25, -0.2) is 0 Å². The largest absolute Gasteiger partial charge is 0.487 e. The van der Waals surface area contributed by atoms with Crippen molar-refractivity contribution in [2.75, 3.05) is 0 Å². The van der Waals surface area contributed by atoms with Crippen LogP contribution < -0.4 is 10.1 Å². The molecule has 5 nitrogen and oxygen atoms in total. The van der Waals surface area contributed by atoms with Crippen molar-refractivity contribution < 1.29 is 14.1 Å². The molecule has 1 aliphatic heterocycles. The minimum absolute atomic E-state index is 0.122. The van der Waals surface area contributed by atoms with E-state index in [9.17, 15) is 4.79 Å². The van der Waals surface area contributed by atoms with Gasteiger partial charge in [0.1, 0.15) is 23.8 Å². The molecular formula is C15H16N2O3. The molecule has 1 amide bonds. The Bertz CT molecular complexity index is 604.